The van der Waals surface area contributed by atoms with Gasteiger partial charge in [0.15, 0.2) is 0 Å². The second-order valence-electron chi connectivity index (χ2n) is 13.3. The zero-order valence-electron chi connectivity index (χ0n) is 27.1. The van der Waals surface area contributed by atoms with Crippen LogP contribution >= 0.6 is 23.1 Å². The second-order valence-corrected chi connectivity index (χ2v) is 15.5. The van der Waals surface area contributed by atoms with Crippen LogP contribution in [0.4, 0.5) is 4.79 Å². The van der Waals surface area contributed by atoms with Crippen LogP contribution in [-0.2, 0) is 22.4 Å². The summed E-state index contributed by atoms with van der Waals surface area (Å²) >= 11 is 2.35. The number of hydrogen-bond acceptors (Lipinski definition) is 9. The highest BCUT2D eigenvalue weighted by Gasteiger charge is 2.46. The quantitative estimate of drug-likeness (QED) is 0.223. The molecule has 1 saturated heterocycles. The summed E-state index contributed by atoms with van der Waals surface area (Å²) in [5, 5.41) is 23.4. The number of carbonyl (C=O) groups excluding carboxylic acids is 3. The Morgan fingerprint density at radius 1 is 1.18 bits per heavy atom. The number of rotatable bonds is 13. The molecule has 12 heteroatoms. The molecule has 0 bridgehead atoms. The van der Waals surface area contributed by atoms with Crippen LogP contribution in [0.25, 0.3) is 0 Å². The van der Waals surface area contributed by atoms with Crippen molar-refractivity contribution in [1.29, 1.82) is 0 Å². The van der Waals surface area contributed by atoms with Crippen molar-refractivity contribution in [3.63, 3.8) is 0 Å². The number of piperazine rings is 1. The topological polar surface area (TPSA) is 150 Å². The molecule has 1 aliphatic rings. The summed E-state index contributed by atoms with van der Waals surface area (Å²) in [6.45, 7) is 15.6. The highest BCUT2D eigenvalue weighted by atomic mass is 32.2. The summed E-state index contributed by atoms with van der Waals surface area (Å²) in [5.74, 6) is -0.527. The van der Waals surface area contributed by atoms with Gasteiger partial charge in [-0.1, -0.05) is 58.0 Å². The molecule has 1 aliphatic heterocycles. The zero-order valence-corrected chi connectivity index (χ0v) is 28.7. The smallest absolute Gasteiger partial charge is 0.277 e. The predicted molar refractivity (Wildman–Crippen MR) is 179 cm³/mol. The number of thiazole rings is 1. The number of carbonyl (C=O) groups is 3. The first kappa shape index (κ1) is 36.0. The van der Waals surface area contributed by atoms with Gasteiger partial charge in [0.25, 0.3) is 5.24 Å². The summed E-state index contributed by atoms with van der Waals surface area (Å²) in [6, 6.07) is 8.49. The monoisotopic (exact) mass is 646 g/mol. The number of nitrogens with two attached hydrogens (primary N) is 1. The Balaban J connectivity index is 1.91. The molecule has 2 heterocycles. The molecule has 1 aromatic heterocycles. The molecule has 1 aromatic carbocycles. The summed E-state index contributed by atoms with van der Waals surface area (Å²) < 4.78 is -1.24. The number of benzene rings is 1. The van der Waals surface area contributed by atoms with Gasteiger partial charge < -0.3 is 26.8 Å². The van der Waals surface area contributed by atoms with Gasteiger partial charge in [0.05, 0.1) is 22.8 Å². The number of aliphatic hydroxyl groups is 1. The normalized spacial score (nSPS) is 18.9. The van der Waals surface area contributed by atoms with E-state index >= 15 is 0 Å². The number of aliphatic hydroxyl groups excluding tert-OH is 1. The van der Waals surface area contributed by atoms with Gasteiger partial charge in [0.2, 0.25) is 11.8 Å². The van der Waals surface area contributed by atoms with Gasteiger partial charge >= 0.3 is 0 Å². The Morgan fingerprint density at radius 3 is 2.43 bits per heavy atom. The molecule has 0 spiro atoms. The Morgan fingerprint density at radius 2 is 1.86 bits per heavy atom. The van der Waals surface area contributed by atoms with Crippen molar-refractivity contribution < 1.29 is 19.5 Å². The lowest BCUT2D eigenvalue weighted by molar-refractivity contribution is -0.130. The number of thioether (sulfide) groups is 1. The van der Waals surface area contributed by atoms with Crippen LogP contribution in [0.2, 0.25) is 0 Å². The minimum atomic E-state index is -1.24. The number of β-amino-alcohol motifs (C(OH)–C–C–N with tert-alkyl or cyclic N) is 1. The van der Waals surface area contributed by atoms with E-state index in [-0.39, 0.29) is 36.6 Å². The summed E-state index contributed by atoms with van der Waals surface area (Å²) in [7, 11) is 0. The molecule has 4 atom stereocenters. The van der Waals surface area contributed by atoms with Crippen LogP contribution in [0.15, 0.2) is 35.7 Å². The van der Waals surface area contributed by atoms with Crippen molar-refractivity contribution in [2.45, 2.75) is 95.7 Å². The van der Waals surface area contributed by atoms with Crippen LogP contribution in [0.1, 0.15) is 70.6 Å². The van der Waals surface area contributed by atoms with E-state index in [1.165, 1.54) is 11.3 Å². The van der Waals surface area contributed by atoms with E-state index < -0.39 is 33.7 Å². The number of hydrogen-bond donors (Lipinski definition) is 5. The maximum absolute atomic E-state index is 14.4. The molecule has 0 unspecified atom stereocenters. The van der Waals surface area contributed by atoms with E-state index in [1.54, 1.807) is 0 Å². The summed E-state index contributed by atoms with van der Waals surface area (Å²) in [4.78, 5) is 46.6. The van der Waals surface area contributed by atoms with Crippen molar-refractivity contribution in [3.05, 3.63) is 52.0 Å². The molecule has 3 amide bonds. The van der Waals surface area contributed by atoms with Crippen LogP contribution in [0.5, 0.6) is 0 Å². The van der Waals surface area contributed by atoms with Crippen LogP contribution < -0.4 is 21.7 Å². The van der Waals surface area contributed by atoms with E-state index in [4.69, 9.17) is 10.7 Å². The lowest BCUT2D eigenvalue weighted by Crippen LogP contribution is -2.63. The Kier molecular flexibility index (Phi) is 12.8. The molecule has 244 valence electrons. The minimum absolute atomic E-state index is 0.110. The molecule has 2 aromatic rings. The van der Waals surface area contributed by atoms with Gasteiger partial charge in [0.1, 0.15) is 10.8 Å². The van der Waals surface area contributed by atoms with E-state index in [2.05, 4.69) is 29.8 Å². The fourth-order valence-electron chi connectivity index (χ4n) is 5.35. The van der Waals surface area contributed by atoms with Gasteiger partial charge in [-0.3, -0.25) is 19.3 Å². The predicted octanol–water partition coefficient (Wildman–Crippen LogP) is 3.29. The fraction of sp³-hybridized carbons (Fsp3) is 0.625. The molecule has 10 nitrogen and oxygen atoms in total. The van der Waals surface area contributed by atoms with E-state index in [0.717, 1.165) is 28.0 Å². The van der Waals surface area contributed by atoms with E-state index in [1.807, 2.05) is 75.2 Å². The maximum Gasteiger partial charge on any atom is 0.277 e. The first-order valence-electron chi connectivity index (χ1n) is 15.3. The third-order valence-corrected chi connectivity index (χ3v) is 10.3. The third-order valence-electron chi connectivity index (χ3n) is 7.76. The molecule has 6 N–H and O–H groups in total. The number of primary amides is 1. The maximum atomic E-state index is 14.4. The lowest BCUT2D eigenvalue weighted by Gasteiger charge is -2.40. The van der Waals surface area contributed by atoms with Gasteiger partial charge in [-0.2, -0.15) is 0 Å². The van der Waals surface area contributed by atoms with E-state index in [0.29, 0.717) is 26.1 Å². The van der Waals surface area contributed by atoms with Gasteiger partial charge in [0, 0.05) is 49.4 Å². The Labute approximate surface area is 270 Å². The molecular formula is C32H50N6O4S2. The van der Waals surface area contributed by atoms with Gasteiger partial charge in [-0.25, -0.2) is 4.98 Å². The van der Waals surface area contributed by atoms with Crippen molar-refractivity contribution in [2.75, 3.05) is 26.2 Å². The highest BCUT2D eigenvalue weighted by Crippen LogP contribution is 2.38. The number of aromatic nitrogens is 1. The average Bonchev–Trinajstić information content (AvgIpc) is 3.40. The second kappa shape index (κ2) is 15.7. The third kappa shape index (κ3) is 10.00. The number of nitrogens with one attached hydrogen (secondary N) is 3. The van der Waals surface area contributed by atoms with Crippen LogP contribution in [0, 0.1) is 5.92 Å². The standard InChI is InChI=1S/C32H50N6O4S2/c1-20(2)28-35-23(19-43-28)16-32(21(3)4,44-30(33)42)29(41)36-24(15-22-11-9-8-10-12-22)26(39)18-38-14-13-34-17-25(38)27(40)37-31(5,6)7/h8-12,19-21,24-26,34,39H,13-18H2,1-7H3,(H2,33,42)(H,36,41)(H,37,40)/t24-,25-,26+,32-/m0/s1. The van der Waals surface area contributed by atoms with E-state index in [9.17, 15) is 19.5 Å². The molecule has 0 saturated carbocycles. The molecule has 0 radical (unpaired) electrons. The highest BCUT2D eigenvalue weighted by molar-refractivity contribution is 8.15. The molecule has 1 fully saturated rings. The van der Waals surface area contributed by atoms with Crippen LogP contribution in [0.3, 0.4) is 0 Å². The van der Waals surface area contributed by atoms with Crippen molar-refractivity contribution >= 4 is 40.2 Å². The van der Waals surface area contributed by atoms with Crippen molar-refractivity contribution in [1.82, 2.24) is 25.8 Å². The van der Waals surface area contributed by atoms with Gasteiger partial charge in [-0.15, -0.1) is 11.3 Å². The first-order valence-corrected chi connectivity index (χ1v) is 17.0. The summed E-state index contributed by atoms with van der Waals surface area (Å²) in [6.07, 6.45) is -0.422. The summed E-state index contributed by atoms with van der Waals surface area (Å²) in [5.41, 5.74) is 6.99. The Bertz CT molecular complexity index is 1250. The lowest BCUT2D eigenvalue weighted by atomic mass is 9.88. The first-order chi connectivity index (χ1) is 20.6. The molecule has 44 heavy (non-hydrogen) atoms. The SMILES string of the molecule is CC(C)c1nc(C[C@@](SC(N)=O)(C(=O)N[C@@H](Cc2ccccc2)[C@H](O)CN2CCNC[C@H]2C(=O)NC(C)(C)C)C(C)C)cs1. The van der Waals surface area contributed by atoms with Crippen LogP contribution in [-0.4, -0.2) is 86.7 Å². The molecule has 0 aliphatic carbocycles. The number of nitrogens with zero attached hydrogens (tertiary/aromatic N) is 2. The fourth-order valence-corrected chi connectivity index (χ4v) is 7.15. The minimum Gasteiger partial charge on any atom is -0.390 e. The number of amides is 3. The van der Waals surface area contributed by atoms with Crippen molar-refractivity contribution in [3.8, 4) is 0 Å². The average molecular weight is 647 g/mol. The van der Waals surface area contributed by atoms with Gasteiger partial charge in [-0.05, 0) is 50.4 Å². The molecule has 3 rings (SSSR count). The molecular weight excluding hydrogens is 597 g/mol. The zero-order chi connectivity index (χ0) is 32.7. The Hall–Kier alpha value is -2.51. The van der Waals surface area contributed by atoms with Crippen molar-refractivity contribution in [2.24, 2.45) is 11.7 Å². The largest absolute Gasteiger partial charge is 0.390 e.